The summed E-state index contributed by atoms with van der Waals surface area (Å²) in [6, 6.07) is 16.0. The standard InChI is InChI=1S/C15H14ClNO2/c16-13-8-6-11(7-9-13)10-17-15(19)14(18)12-4-2-1-3-5-12/h1-9,14,18H,10H2,(H,17,19)/t14-/m1/s1. The van der Waals surface area contributed by atoms with E-state index < -0.39 is 12.0 Å². The van der Waals surface area contributed by atoms with Crippen LogP contribution in [0.1, 0.15) is 17.2 Å². The van der Waals surface area contributed by atoms with E-state index in [2.05, 4.69) is 5.32 Å². The third-order valence-electron chi connectivity index (χ3n) is 2.74. The van der Waals surface area contributed by atoms with E-state index in [-0.39, 0.29) is 0 Å². The van der Waals surface area contributed by atoms with Crippen LogP contribution in [0.4, 0.5) is 0 Å². The molecule has 4 heteroatoms. The van der Waals surface area contributed by atoms with Crippen LogP contribution in [0.5, 0.6) is 0 Å². The lowest BCUT2D eigenvalue weighted by atomic mass is 10.1. The monoisotopic (exact) mass is 275 g/mol. The second-order valence-corrected chi connectivity index (χ2v) is 4.59. The molecule has 1 atom stereocenters. The van der Waals surface area contributed by atoms with Gasteiger partial charge in [0.1, 0.15) is 0 Å². The number of carbonyl (C=O) groups is 1. The van der Waals surface area contributed by atoms with Gasteiger partial charge in [-0.05, 0) is 23.3 Å². The van der Waals surface area contributed by atoms with E-state index in [0.29, 0.717) is 17.1 Å². The van der Waals surface area contributed by atoms with Gasteiger partial charge < -0.3 is 10.4 Å². The van der Waals surface area contributed by atoms with Crippen molar-refractivity contribution in [2.75, 3.05) is 0 Å². The number of halogens is 1. The van der Waals surface area contributed by atoms with Crippen LogP contribution >= 0.6 is 11.6 Å². The number of amides is 1. The molecule has 98 valence electrons. The second kappa shape index (κ2) is 6.36. The first-order valence-electron chi connectivity index (χ1n) is 5.92. The van der Waals surface area contributed by atoms with Gasteiger partial charge in [-0.15, -0.1) is 0 Å². The molecule has 0 aromatic heterocycles. The summed E-state index contributed by atoms with van der Waals surface area (Å²) in [6.07, 6.45) is -1.14. The van der Waals surface area contributed by atoms with Crippen molar-refractivity contribution in [1.82, 2.24) is 5.32 Å². The molecule has 2 aromatic rings. The first-order chi connectivity index (χ1) is 9.16. The Morgan fingerprint density at radius 2 is 1.74 bits per heavy atom. The van der Waals surface area contributed by atoms with Crippen LogP contribution in [0, 0.1) is 0 Å². The summed E-state index contributed by atoms with van der Waals surface area (Å²) >= 11 is 5.78. The molecule has 0 aliphatic heterocycles. The van der Waals surface area contributed by atoms with Gasteiger partial charge in [0.05, 0.1) is 0 Å². The largest absolute Gasteiger partial charge is 0.378 e. The molecule has 0 aliphatic rings. The Hall–Kier alpha value is -1.84. The molecule has 0 spiro atoms. The lowest BCUT2D eigenvalue weighted by molar-refractivity contribution is -0.129. The first kappa shape index (κ1) is 13.6. The molecule has 3 nitrogen and oxygen atoms in total. The summed E-state index contributed by atoms with van der Waals surface area (Å²) in [4.78, 5) is 11.8. The topological polar surface area (TPSA) is 49.3 Å². The van der Waals surface area contributed by atoms with Gasteiger partial charge in [-0.25, -0.2) is 0 Å². The number of benzene rings is 2. The molecule has 2 aromatic carbocycles. The van der Waals surface area contributed by atoms with Crippen molar-refractivity contribution in [2.45, 2.75) is 12.6 Å². The van der Waals surface area contributed by atoms with Crippen molar-refractivity contribution in [3.05, 3.63) is 70.7 Å². The highest BCUT2D eigenvalue weighted by Gasteiger charge is 2.16. The number of nitrogens with one attached hydrogen (secondary N) is 1. The Kier molecular flexibility index (Phi) is 4.55. The SMILES string of the molecule is O=C(NCc1ccc(Cl)cc1)[C@H](O)c1ccccc1. The van der Waals surface area contributed by atoms with E-state index in [9.17, 15) is 9.90 Å². The van der Waals surface area contributed by atoms with Gasteiger partial charge in [0.15, 0.2) is 6.10 Å². The van der Waals surface area contributed by atoms with Crippen LogP contribution in [0.3, 0.4) is 0 Å². The van der Waals surface area contributed by atoms with Crippen LogP contribution < -0.4 is 5.32 Å². The lowest BCUT2D eigenvalue weighted by Gasteiger charge is -2.11. The average Bonchev–Trinajstić information content (AvgIpc) is 2.46. The molecule has 0 saturated carbocycles. The minimum absolute atomic E-state index is 0.361. The summed E-state index contributed by atoms with van der Waals surface area (Å²) in [5, 5.41) is 13.2. The fraction of sp³-hybridized carbons (Fsp3) is 0.133. The van der Waals surface area contributed by atoms with Crippen LogP contribution in [0.25, 0.3) is 0 Å². The van der Waals surface area contributed by atoms with Crippen molar-refractivity contribution >= 4 is 17.5 Å². The van der Waals surface area contributed by atoms with E-state index in [1.807, 2.05) is 18.2 Å². The molecule has 0 radical (unpaired) electrons. The summed E-state index contributed by atoms with van der Waals surface area (Å²) in [5.74, 6) is -0.416. The molecule has 2 N–H and O–H groups in total. The molecule has 0 aliphatic carbocycles. The maximum absolute atomic E-state index is 11.8. The minimum atomic E-state index is -1.14. The van der Waals surface area contributed by atoms with Gasteiger partial charge in [0.25, 0.3) is 5.91 Å². The molecule has 0 fully saturated rings. The molecular weight excluding hydrogens is 262 g/mol. The van der Waals surface area contributed by atoms with Gasteiger partial charge in [0.2, 0.25) is 0 Å². The average molecular weight is 276 g/mol. The zero-order valence-electron chi connectivity index (χ0n) is 10.2. The number of rotatable bonds is 4. The number of carbonyl (C=O) groups excluding carboxylic acids is 1. The third kappa shape index (κ3) is 3.81. The Labute approximate surface area is 116 Å². The highest BCUT2D eigenvalue weighted by atomic mass is 35.5. The highest BCUT2D eigenvalue weighted by molar-refractivity contribution is 6.30. The fourth-order valence-electron chi connectivity index (χ4n) is 1.67. The Morgan fingerprint density at radius 3 is 2.37 bits per heavy atom. The zero-order chi connectivity index (χ0) is 13.7. The molecule has 0 saturated heterocycles. The molecule has 19 heavy (non-hydrogen) atoms. The van der Waals surface area contributed by atoms with Crippen molar-refractivity contribution < 1.29 is 9.90 Å². The molecule has 1 amide bonds. The maximum Gasteiger partial charge on any atom is 0.253 e. The van der Waals surface area contributed by atoms with Crippen molar-refractivity contribution in [3.63, 3.8) is 0 Å². The Bertz CT molecular complexity index is 540. The summed E-state index contributed by atoms with van der Waals surface area (Å²) < 4.78 is 0. The lowest BCUT2D eigenvalue weighted by Crippen LogP contribution is -2.28. The molecule has 0 unspecified atom stereocenters. The van der Waals surface area contributed by atoms with Crippen LogP contribution in [0.15, 0.2) is 54.6 Å². The number of aliphatic hydroxyl groups excluding tert-OH is 1. The second-order valence-electron chi connectivity index (χ2n) is 4.16. The van der Waals surface area contributed by atoms with E-state index in [1.165, 1.54) is 0 Å². The van der Waals surface area contributed by atoms with Crippen molar-refractivity contribution in [2.24, 2.45) is 0 Å². The van der Waals surface area contributed by atoms with Crippen LogP contribution in [-0.4, -0.2) is 11.0 Å². The first-order valence-corrected chi connectivity index (χ1v) is 6.30. The van der Waals surface area contributed by atoms with E-state index in [0.717, 1.165) is 5.56 Å². The minimum Gasteiger partial charge on any atom is -0.378 e. The van der Waals surface area contributed by atoms with Gasteiger partial charge >= 0.3 is 0 Å². The Morgan fingerprint density at radius 1 is 1.11 bits per heavy atom. The van der Waals surface area contributed by atoms with Crippen molar-refractivity contribution in [1.29, 1.82) is 0 Å². The zero-order valence-corrected chi connectivity index (χ0v) is 11.0. The molecule has 0 bridgehead atoms. The van der Waals surface area contributed by atoms with Gasteiger partial charge in [-0.1, -0.05) is 54.1 Å². The summed E-state index contributed by atoms with van der Waals surface area (Å²) in [6.45, 7) is 0.361. The van der Waals surface area contributed by atoms with E-state index >= 15 is 0 Å². The number of hydrogen-bond acceptors (Lipinski definition) is 2. The van der Waals surface area contributed by atoms with E-state index in [4.69, 9.17) is 11.6 Å². The smallest absolute Gasteiger partial charge is 0.253 e. The molecule has 0 heterocycles. The molecular formula is C15H14ClNO2. The molecule has 2 rings (SSSR count). The van der Waals surface area contributed by atoms with E-state index in [1.54, 1.807) is 36.4 Å². The van der Waals surface area contributed by atoms with Crippen LogP contribution in [0.2, 0.25) is 5.02 Å². The highest BCUT2D eigenvalue weighted by Crippen LogP contribution is 2.13. The Balaban J connectivity index is 1.93. The van der Waals surface area contributed by atoms with Crippen molar-refractivity contribution in [3.8, 4) is 0 Å². The predicted octanol–water partition coefficient (Wildman–Crippen LogP) is 2.69. The number of hydrogen-bond donors (Lipinski definition) is 2. The van der Waals surface area contributed by atoms with Gasteiger partial charge in [0, 0.05) is 11.6 Å². The van der Waals surface area contributed by atoms with Gasteiger partial charge in [-0.3, -0.25) is 4.79 Å². The predicted molar refractivity (Wildman–Crippen MR) is 74.7 cm³/mol. The summed E-state index contributed by atoms with van der Waals surface area (Å²) in [7, 11) is 0. The number of aliphatic hydroxyl groups is 1. The normalized spacial score (nSPS) is 11.9. The van der Waals surface area contributed by atoms with Crippen LogP contribution in [-0.2, 0) is 11.3 Å². The third-order valence-corrected chi connectivity index (χ3v) is 3.00. The van der Waals surface area contributed by atoms with Gasteiger partial charge in [-0.2, -0.15) is 0 Å². The summed E-state index contributed by atoms with van der Waals surface area (Å²) in [5.41, 5.74) is 1.51. The maximum atomic E-state index is 11.8. The quantitative estimate of drug-likeness (QED) is 0.901. The fourth-order valence-corrected chi connectivity index (χ4v) is 1.80.